The van der Waals surface area contributed by atoms with Crippen molar-refractivity contribution in [2.24, 2.45) is 5.73 Å². The first-order valence-electron chi connectivity index (χ1n) is 8.28. The summed E-state index contributed by atoms with van der Waals surface area (Å²) in [5, 5.41) is 0. The number of nitrogens with zero attached hydrogens (tertiary/aromatic N) is 1. The van der Waals surface area contributed by atoms with Gasteiger partial charge in [0.1, 0.15) is 0 Å². The van der Waals surface area contributed by atoms with Gasteiger partial charge in [0.15, 0.2) is 0 Å². The molecule has 2 unspecified atom stereocenters. The van der Waals surface area contributed by atoms with Crippen molar-refractivity contribution >= 4 is 0 Å². The standard InChI is InChI=1S/C18H30N2/c1-4-13-20(14-5-2)17-12-11-15-9-7-8-10-16(15)18(17,19)6-3/h7-10,17H,4-6,11-14,19H2,1-3H3. The summed E-state index contributed by atoms with van der Waals surface area (Å²) < 4.78 is 0. The van der Waals surface area contributed by atoms with Crippen LogP contribution in [0.15, 0.2) is 24.3 Å². The van der Waals surface area contributed by atoms with Gasteiger partial charge in [0.25, 0.3) is 0 Å². The lowest BCUT2D eigenvalue weighted by molar-refractivity contribution is 0.0973. The van der Waals surface area contributed by atoms with E-state index in [4.69, 9.17) is 5.73 Å². The van der Waals surface area contributed by atoms with Crippen molar-refractivity contribution < 1.29 is 0 Å². The normalized spacial score (nSPS) is 25.8. The Bertz CT molecular complexity index is 423. The molecule has 0 radical (unpaired) electrons. The van der Waals surface area contributed by atoms with Gasteiger partial charge >= 0.3 is 0 Å². The third-order valence-corrected chi connectivity index (χ3v) is 4.85. The van der Waals surface area contributed by atoms with Gasteiger partial charge in [-0.2, -0.15) is 0 Å². The Morgan fingerprint density at radius 3 is 2.40 bits per heavy atom. The van der Waals surface area contributed by atoms with Crippen LogP contribution in [0, 0.1) is 0 Å². The van der Waals surface area contributed by atoms with Crippen LogP contribution < -0.4 is 5.73 Å². The van der Waals surface area contributed by atoms with Crippen LogP contribution in [0.1, 0.15) is 57.6 Å². The highest BCUT2D eigenvalue weighted by Gasteiger charge is 2.42. The minimum absolute atomic E-state index is 0.181. The number of nitrogens with two attached hydrogens (primary N) is 1. The first-order chi connectivity index (χ1) is 9.67. The number of rotatable bonds is 6. The van der Waals surface area contributed by atoms with Crippen LogP contribution in [0.3, 0.4) is 0 Å². The molecule has 1 aliphatic rings. The third kappa shape index (κ3) is 2.77. The molecule has 0 spiro atoms. The van der Waals surface area contributed by atoms with Gasteiger partial charge in [-0.1, -0.05) is 45.0 Å². The lowest BCUT2D eigenvalue weighted by Crippen LogP contribution is -2.58. The van der Waals surface area contributed by atoms with E-state index in [0.717, 1.165) is 6.42 Å². The maximum absolute atomic E-state index is 6.93. The molecule has 2 atom stereocenters. The Kier molecular flexibility index (Phi) is 5.22. The van der Waals surface area contributed by atoms with Gasteiger partial charge in [-0.3, -0.25) is 4.90 Å². The van der Waals surface area contributed by atoms with Crippen molar-refractivity contribution in [3.63, 3.8) is 0 Å². The fraction of sp³-hybridized carbons (Fsp3) is 0.667. The van der Waals surface area contributed by atoms with Gasteiger partial charge in [0.2, 0.25) is 0 Å². The summed E-state index contributed by atoms with van der Waals surface area (Å²) in [5.41, 5.74) is 9.60. The second-order valence-corrected chi connectivity index (χ2v) is 6.14. The lowest BCUT2D eigenvalue weighted by atomic mass is 9.71. The smallest absolute Gasteiger partial charge is 0.0567 e. The Morgan fingerprint density at radius 2 is 1.80 bits per heavy atom. The van der Waals surface area contributed by atoms with Gasteiger partial charge in [-0.25, -0.2) is 0 Å². The van der Waals surface area contributed by atoms with Gasteiger partial charge < -0.3 is 5.73 Å². The van der Waals surface area contributed by atoms with Gasteiger partial charge in [0, 0.05) is 6.04 Å². The van der Waals surface area contributed by atoms with Crippen molar-refractivity contribution in [2.45, 2.75) is 64.5 Å². The molecular weight excluding hydrogens is 244 g/mol. The van der Waals surface area contributed by atoms with Crippen LogP contribution in [0.5, 0.6) is 0 Å². The SMILES string of the molecule is CCCN(CCC)C1CCc2ccccc2C1(N)CC. The molecule has 0 fully saturated rings. The predicted octanol–water partition coefficient (Wildman–Crippen LogP) is 3.69. The molecule has 0 saturated carbocycles. The molecule has 1 aliphatic carbocycles. The Balaban J connectivity index is 2.35. The van der Waals surface area contributed by atoms with Crippen molar-refractivity contribution in [1.82, 2.24) is 4.90 Å². The zero-order valence-electron chi connectivity index (χ0n) is 13.4. The summed E-state index contributed by atoms with van der Waals surface area (Å²) in [7, 11) is 0. The molecule has 0 amide bonds. The first kappa shape index (κ1) is 15.5. The van der Waals surface area contributed by atoms with Crippen LogP contribution in [0.4, 0.5) is 0 Å². The Hall–Kier alpha value is -0.860. The predicted molar refractivity (Wildman–Crippen MR) is 86.9 cm³/mol. The third-order valence-electron chi connectivity index (χ3n) is 4.85. The molecule has 0 aliphatic heterocycles. The minimum atomic E-state index is -0.181. The molecule has 0 aromatic heterocycles. The van der Waals surface area contributed by atoms with Crippen LogP contribution in [0.25, 0.3) is 0 Å². The summed E-state index contributed by atoms with van der Waals surface area (Å²) in [6.45, 7) is 9.11. The Morgan fingerprint density at radius 1 is 1.15 bits per heavy atom. The lowest BCUT2D eigenvalue weighted by Gasteiger charge is -2.48. The molecule has 0 heterocycles. The highest BCUT2D eigenvalue weighted by Crippen LogP contribution is 2.38. The van der Waals surface area contributed by atoms with Gasteiger partial charge in [-0.15, -0.1) is 0 Å². The van der Waals surface area contributed by atoms with Crippen LogP contribution in [-0.4, -0.2) is 24.0 Å². The summed E-state index contributed by atoms with van der Waals surface area (Å²) in [6.07, 6.45) is 5.79. The number of hydrogen-bond donors (Lipinski definition) is 1. The molecule has 112 valence electrons. The zero-order valence-corrected chi connectivity index (χ0v) is 13.4. The Labute approximate surface area is 124 Å². The summed E-state index contributed by atoms with van der Waals surface area (Å²) in [4.78, 5) is 2.64. The molecule has 2 heteroatoms. The van der Waals surface area contributed by atoms with Crippen LogP contribution in [0.2, 0.25) is 0 Å². The van der Waals surface area contributed by atoms with E-state index in [9.17, 15) is 0 Å². The number of fused-ring (bicyclic) bond motifs is 1. The van der Waals surface area contributed by atoms with E-state index in [2.05, 4.69) is 49.9 Å². The molecule has 1 aromatic carbocycles. The van der Waals surface area contributed by atoms with Crippen molar-refractivity contribution in [3.8, 4) is 0 Å². The van der Waals surface area contributed by atoms with Crippen LogP contribution >= 0.6 is 0 Å². The van der Waals surface area contributed by atoms with Gasteiger partial charge in [0.05, 0.1) is 5.54 Å². The van der Waals surface area contributed by atoms with E-state index in [-0.39, 0.29) is 5.54 Å². The van der Waals surface area contributed by atoms with E-state index in [1.54, 1.807) is 0 Å². The van der Waals surface area contributed by atoms with E-state index in [0.29, 0.717) is 6.04 Å². The summed E-state index contributed by atoms with van der Waals surface area (Å²) >= 11 is 0. The van der Waals surface area contributed by atoms with E-state index in [1.807, 2.05) is 0 Å². The van der Waals surface area contributed by atoms with Crippen LogP contribution in [-0.2, 0) is 12.0 Å². The highest BCUT2D eigenvalue weighted by molar-refractivity contribution is 5.38. The molecular formula is C18H30N2. The van der Waals surface area contributed by atoms with E-state index < -0.39 is 0 Å². The molecule has 2 N–H and O–H groups in total. The van der Waals surface area contributed by atoms with Crippen molar-refractivity contribution in [2.75, 3.05) is 13.1 Å². The fourth-order valence-electron chi connectivity index (χ4n) is 3.85. The average molecular weight is 274 g/mol. The minimum Gasteiger partial charge on any atom is -0.320 e. The summed E-state index contributed by atoms with van der Waals surface area (Å²) in [6, 6.07) is 9.28. The average Bonchev–Trinajstić information content (AvgIpc) is 2.48. The fourth-order valence-corrected chi connectivity index (χ4v) is 3.85. The van der Waals surface area contributed by atoms with E-state index >= 15 is 0 Å². The van der Waals surface area contributed by atoms with E-state index in [1.165, 1.54) is 49.9 Å². The van der Waals surface area contributed by atoms with Crippen molar-refractivity contribution in [1.29, 1.82) is 0 Å². The van der Waals surface area contributed by atoms with Crippen molar-refractivity contribution in [3.05, 3.63) is 35.4 Å². The monoisotopic (exact) mass is 274 g/mol. The second kappa shape index (κ2) is 6.73. The highest BCUT2D eigenvalue weighted by atomic mass is 15.2. The topological polar surface area (TPSA) is 29.3 Å². The molecule has 2 nitrogen and oxygen atoms in total. The maximum atomic E-state index is 6.93. The number of hydrogen-bond acceptors (Lipinski definition) is 2. The zero-order chi connectivity index (χ0) is 14.6. The quantitative estimate of drug-likeness (QED) is 0.857. The molecule has 1 aromatic rings. The molecule has 0 saturated heterocycles. The molecule has 2 rings (SSSR count). The maximum Gasteiger partial charge on any atom is 0.0567 e. The second-order valence-electron chi connectivity index (χ2n) is 6.14. The molecule has 0 bridgehead atoms. The largest absolute Gasteiger partial charge is 0.320 e. The number of benzene rings is 1. The first-order valence-corrected chi connectivity index (χ1v) is 8.28. The number of aryl methyl sites for hydroxylation is 1. The summed E-state index contributed by atoms with van der Waals surface area (Å²) in [5.74, 6) is 0. The molecule has 20 heavy (non-hydrogen) atoms. The van der Waals surface area contributed by atoms with Gasteiger partial charge in [-0.05, 0) is 56.3 Å².